The van der Waals surface area contributed by atoms with Crippen molar-refractivity contribution in [3.8, 4) is 11.3 Å². The number of hydrazone groups is 1. The molecule has 1 aromatic heterocycles. The third-order valence-corrected chi connectivity index (χ3v) is 6.16. The number of carbonyl (C=O) groups is 1. The molecular formula is C25H28IN5O3. The van der Waals surface area contributed by atoms with Gasteiger partial charge in [-0.2, -0.15) is 5.10 Å². The van der Waals surface area contributed by atoms with Crippen LogP contribution < -0.4 is 10.3 Å². The second kappa shape index (κ2) is 10.5. The van der Waals surface area contributed by atoms with Crippen molar-refractivity contribution in [1.82, 2.24) is 9.88 Å². The Morgan fingerprint density at radius 1 is 1.15 bits per heavy atom. The molecular weight excluding hydrogens is 545 g/mol. The maximum absolute atomic E-state index is 12.3. The first-order chi connectivity index (χ1) is 16.3. The third kappa shape index (κ3) is 6.28. The summed E-state index contributed by atoms with van der Waals surface area (Å²) in [5.41, 5.74) is 6.62. The summed E-state index contributed by atoms with van der Waals surface area (Å²) in [7, 11) is 0. The molecule has 1 N–H and O–H groups in total. The minimum atomic E-state index is -0.472. The molecule has 3 aromatic rings. The monoisotopic (exact) mass is 573 g/mol. The van der Waals surface area contributed by atoms with Crippen LogP contribution in [0.25, 0.3) is 11.3 Å². The van der Waals surface area contributed by atoms with Crippen LogP contribution in [-0.4, -0.2) is 54.0 Å². The van der Waals surface area contributed by atoms with Gasteiger partial charge in [-0.15, -0.1) is 0 Å². The van der Waals surface area contributed by atoms with Gasteiger partial charge < -0.3 is 19.0 Å². The molecule has 4 rings (SSSR count). The largest absolute Gasteiger partial charge is 0.444 e. The molecule has 1 fully saturated rings. The van der Waals surface area contributed by atoms with Crippen LogP contribution in [0.4, 0.5) is 16.2 Å². The van der Waals surface area contributed by atoms with Crippen LogP contribution in [-0.2, 0) is 4.74 Å². The van der Waals surface area contributed by atoms with E-state index < -0.39 is 5.60 Å². The Balaban J connectivity index is 1.29. The number of rotatable bonds is 5. The van der Waals surface area contributed by atoms with E-state index in [9.17, 15) is 4.79 Å². The molecule has 1 aliphatic rings. The van der Waals surface area contributed by atoms with E-state index in [0.29, 0.717) is 13.1 Å². The molecule has 0 spiro atoms. The van der Waals surface area contributed by atoms with E-state index in [2.05, 4.69) is 55.1 Å². The fraction of sp³-hybridized carbons (Fsp3) is 0.320. The molecule has 2 heterocycles. The van der Waals surface area contributed by atoms with Crippen molar-refractivity contribution in [2.24, 2.45) is 5.10 Å². The highest BCUT2D eigenvalue weighted by Gasteiger charge is 2.25. The predicted octanol–water partition coefficient (Wildman–Crippen LogP) is 5.45. The van der Waals surface area contributed by atoms with Crippen LogP contribution in [0.2, 0.25) is 0 Å². The van der Waals surface area contributed by atoms with Crippen LogP contribution in [0.15, 0.2) is 64.6 Å². The first-order valence-electron chi connectivity index (χ1n) is 11.1. The van der Waals surface area contributed by atoms with E-state index >= 15 is 0 Å². The smallest absolute Gasteiger partial charge is 0.410 e. The standard InChI is InChI=1S/C25H28IN5O3/c1-25(2,3)34-24(32)31-12-10-30(11-13-31)20-7-4-18(5-8-20)15-28-29-19-6-9-21(22(26)14-19)23-16-27-17-33-23/h4-9,14-17,29H,10-13H2,1-3H3. The number of oxazole rings is 1. The van der Waals surface area contributed by atoms with Gasteiger partial charge in [-0.3, -0.25) is 5.43 Å². The maximum atomic E-state index is 12.3. The lowest BCUT2D eigenvalue weighted by Gasteiger charge is -2.36. The molecule has 178 valence electrons. The van der Waals surface area contributed by atoms with E-state index in [-0.39, 0.29) is 6.09 Å². The number of ether oxygens (including phenoxy) is 1. The molecule has 0 bridgehead atoms. The number of nitrogens with one attached hydrogen (secondary N) is 1. The predicted molar refractivity (Wildman–Crippen MR) is 142 cm³/mol. The summed E-state index contributed by atoms with van der Waals surface area (Å²) in [4.78, 5) is 20.3. The molecule has 1 aliphatic heterocycles. The average molecular weight is 573 g/mol. The second-order valence-corrected chi connectivity index (χ2v) is 10.1. The van der Waals surface area contributed by atoms with Gasteiger partial charge >= 0.3 is 6.09 Å². The summed E-state index contributed by atoms with van der Waals surface area (Å²) in [6, 6.07) is 14.2. The van der Waals surface area contributed by atoms with Gasteiger partial charge in [-0.05, 0) is 79.3 Å². The minimum Gasteiger partial charge on any atom is -0.444 e. The second-order valence-electron chi connectivity index (χ2n) is 8.98. The van der Waals surface area contributed by atoms with Gasteiger partial charge in [0.15, 0.2) is 12.2 Å². The molecule has 2 aromatic carbocycles. The van der Waals surface area contributed by atoms with Gasteiger partial charge in [0.2, 0.25) is 0 Å². The van der Waals surface area contributed by atoms with Crippen molar-refractivity contribution < 1.29 is 13.9 Å². The van der Waals surface area contributed by atoms with Gasteiger partial charge in [-0.1, -0.05) is 12.1 Å². The number of carbonyl (C=O) groups excluding carboxylic acids is 1. The van der Waals surface area contributed by atoms with Gasteiger partial charge in [-0.25, -0.2) is 9.78 Å². The Labute approximate surface area is 213 Å². The number of benzene rings is 2. The molecule has 34 heavy (non-hydrogen) atoms. The van der Waals surface area contributed by atoms with E-state index in [4.69, 9.17) is 9.15 Å². The molecule has 8 nitrogen and oxygen atoms in total. The number of amides is 1. The number of aromatic nitrogens is 1. The van der Waals surface area contributed by atoms with Crippen LogP contribution in [0, 0.1) is 3.57 Å². The van der Waals surface area contributed by atoms with Gasteiger partial charge in [0.1, 0.15) is 5.60 Å². The normalized spacial score (nSPS) is 14.5. The Hall–Kier alpha value is -3.08. The number of anilines is 2. The Bertz CT molecular complexity index is 1130. The maximum Gasteiger partial charge on any atom is 0.410 e. The van der Waals surface area contributed by atoms with Crippen LogP contribution in [0.1, 0.15) is 26.3 Å². The highest BCUT2D eigenvalue weighted by atomic mass is 127. The van der Waals surface area contributed by atoms with Gasteiger partial charge in [0.05, 0.1) is 18.1 Å². The number of piperazine rings is 1. The Morgan fingerprint density at radius 3 is 2.50 bits per heavy atom. The first-order valence-corrected chi connectivity index (χ1v) is 12.2. The molecule has 0 radical (unpaired) electrons. The van der Waals surface area contributed by atoms with Gasteiger partial charge in [0.25, 0.3) is 0 Å². The lowest BCUT2D eigenvalue weighted by Crippen LogP contribution is -2.50. The molecule has 0 aliphatic carbocycles. The SMILES string of the molecule is CC(C)(C)OC(=O)N1CCN(c2ccc(C=NNc3ccc(-c4cnco4)c(I)c3)cc2)CC1. The van der Waals surface area contributed by atoms with Crippen molar-refractivity contribution in [1.29, 1.82) is 0 Å². The Morgan fingerprint density at radius 2 is 1.88 bits per heavy atom. The van der Waals surface area contributed by atoms with Gasteiger partial charge in [0, 0.05) is 41.0 Å². The summed E-state index contributed by atoms with van der Waals surface area (Å²) < 4.78 is 11.9. The number of halogens is 1. The lowest BCUT2D eigenvalue weighted by atomic mass is 10.2. The summed E-state index contributed by atoms with van der Waals surface area (Å²) in [6.07, 6.45) is 4.68. The summed E-state index contributed by atoms with van der Waals surface area (Å²) in [5, 5.41) is 4.36. The van der Waals surface area contributed by atoms with Crippen LogP contribution >= 0.6 is 22.6 Å². The zero-order chi connectivity index (χ0) is 24.1. The Kier molecular flexibility index (Phi) is 7.40. The molecule has 0 atom stereocenters. The van der Waals surface area contributed by atoms with Crippen molar-refractivity contribution in [2.75, 3.05) is 36.5 Å². The van der Waals surface area contributed by atoms with E-state index in [1.165, 1.54) is 6.39 Å². The molecule has 9 heteroatoms. The minimum absolute atomic E-state index is 0.242. The summed E-state index contributed by atoms with van der Waals surface area (Å²) in [6.45, 7) is 8.51. The summed E-state index contributed by atoms with van der Waals surface area (Å²) in [5.74, 6) is 0.741. The fourth-order valence-electron chi connectivity index (χ4n) is 3.56. The number of hydrogen-bond donors (Lipinski definition) is 1. The van der Waals surface area contributed by atoms with Crippen molar-refractivity contribution in [2.45, 2.75) is 26.4 Å². The first kappa shape index (κ1) is 24.1. The van der Waals surface area contributed by atoms with Crippen LogP contribution in [0.3, 0.4) is 0 Å². The highest BCUT2D eigenvalue weighted by Crippen LogP contribution is 2.27. The quantitative estimate of drug-likeness (QED) is 0.249. The van der Waals surface area contributed by atoms with Crippen molar-refractivity contribution >= 4 is 46.3 Å². The average Bonchev–Trinajstić information content (AvgIpc) is 3.33. The number of hydrogen-bond acceptors (Lipinski definition) is 7. The molecule has 0 unspecified atom stereocenters. The van der Waals surface area contributed by atoms with Crippen molar-refractivity contribution in [3.05, 3.63) is 64.2 Å². The molecule has 1 amide bonds. The fourth-order valence-corrected chi connectivity index (χ4v) is 4.34. The van der Waals surface area contributed by atoms with E-state index in [0.717, 1.165) is 44.9 Å². The molecule has 1 saturated heterocycles. The zero-order valence-electron chi connectivity index (χ0n) is 19.5. The third-order valence-electron chi connectivity index (χ3n) is 5.26. The molecule has 0 saturated carbocycles. The van der Waals surface area contributed by atoms with Crippen LogP contribution in [0.5, 0.6) is 0 Å². The highest BCUT2D eigenvalue weighted by molar-refractivity contribution is 14.1. The summed E-state index contributed by atoms with van der Waals surface area (Å²) >= 11 is 2.27. The van der Waals surface area contributed by atoms with Crippen molar-refractivity contribution in [3.63, 3.8) is 0 Å². The number of nitrogens with zero attached hydrogens (tertiary/aromatic N) is 4. The topological polar surface area (TPSA) is 83.2 Å². The lowest BCUT2D eigenvalue weighted by molar-refractivity contribution is 0.0240. The zero-order valence-corrected chi connectivity index (χ0v) is 21.7. The van der Waals surface area contributed by atoms with E-state index in [1.54, 1.807) is 17.3 Å². The van der Waals surface area contributed by atoms with E-state index in [1.807, 2.05) is 51.1 Å².